The van der Waals surface area contributed by atoms with E-state index < -0.39 is 0 Å². The molecule has 0 fully saturated rings. The van der Waals surface area contributed by atoms with Crippen LogP contribution in [-0.2, 0) is 11.3 Å². The maximum Gasteiger partial charge on any atom is 0.258 e. The second kappa shape index (κ2) is 6.57. The minimum absolute atomic E-state index is 0.0242. The first-order chi connectivity index (χ1) is 11.1. The van der Waals surface area contributed by atoms with Crippen LogP contribution in [-0.4, -0.2) is 17.5 Å². The van der Waals surface area contributed by atoms with E-state index in [1.165, 1.54) is 0 Å². The Balaban J connectivity index is 1.54. The van der Waals surface area contributed by atoms with Crippen molar-refractivity contribution in [2.45, 2.75) is 20.4 Å². The van der Waals surface area contributed by atoms with Gasteiger partial charge in [-0.3, -0.25) is 4.79 Å². The topological polar surface area (TPSA) is 54.1 Å². The van der Waals surface area contributed by atoms with Crippen LogP contribution in [0.5, 0.6) is 5.75 Å². The van der Waals surface area contributed by atoms with Gasteiger partial charge in [0, 0.05) is 17.8 Å². The lowest BCUT2D eigenvalue weighted by molar-refractivity contribution is -0.123. The van der Waals surface area contributed by atoms with Crippen molar-refractivity contribution in [1.29, 1.82) is 0 Å². The van der Waals surface area contributed by atoms with Crippen LogP contribution in [0.4, 0.5) is 0 Å². The Morgan fingerprint density at radius 3 is 2.78 bits per heavy atom. The van der Waals surface area contributed by atoms with Crippen molar-refractivity contribution in [1.82, 2.24) is 10.3 Å². The summed E-state index contributed by atoms with van der Waals surface area (Å²) in [7, 11) is 0. The van der Waals surface area contributed by atoms with Crippen molar-refractivity contribution < 1.29 is 9.53 Å². The number of hydrogen-bond donors (Lipinski definition) is 2. The number of nitrogens with one attached hydrogen (secondary N) is 2. The molecular formula is C19H20N2O2. The zero-order valence-electron chi connectivity index (χ0n) is 13.3. The van der Waals surface area contributed by atoms with Crippen molar-refractivity contribution in [3.05, 3.63) is 65.4 Å². The molecule has 0 saturated heterocycles. The lowest BCUT2D eigenvalue weighted by Crippen LogP contribution is -2.28. The molecule has 0 bridgehead atoms. The summed E-state index contributed by atoms with van der Waals surface area (Å²) >= 11 is 0. The molecule has 1 aromatic heterocycles. The van der Waals surface area contributed by atoms with Gasteiger partial charge >= 0.3 is 0 Å². The van der Waals surface area contributed by atoms with Crippen LogP contribution in [0.2, 0.25) is 0 Å². The number of hydrogen-bond acceptors (Lipinski definition) is 2. The van der Waals surface area contributed by atoms with E-state index >= 15 is 0 Å². The molecule has 4 nitrogen and oxygen atoms in total. The Bertz CT molecular complexity index is 836. The summed E-state index contributed by atoms with van der Waals surface area (Å²) in [5.74, 6) is 0.616. The number of aryl methyl sites for hydroxylation is 2. The Morgan fingerprint density at radius 1 is 1.13 bits per heavy atom. The summed E-state index contributed by atoms with van der Waals surface area (Å²) in [4.78, 5) is 15.2. The number of benzene rings is 2. The number of para-hydroxylation sites is 1. The second-order valence-corrected chi connectivity index (χ2v) is 5.70. The molecule has 0 aliphatic rings. The number of ether oxygens (including phenoxy) is 1. The van der Waals surface area contributed by atoms with Gasteiger partial charge in [0.15, 0.2) is 6.61 Å². The minimum atomic E-state index is -0.126. The van der Waals surface area contributed by atoms with Gasteiger partial charge in [0.2, 0.25) is 0 Å². The third-order valence-corrected chi connectivity index (χ3v) is 3.76. The summed E-state index contributed by atoms with van der Waals surface area (Å²) in [6.45, 7) is 4.51. The fourth-order valence-corrected chi connectivity index (χ4v) is 2.55. The third kappa shape index (κ3) is 3.72. The van der Waals surface area contributed by atoms with Gasteiger partial charge < -0.3 is 15.0 Å². The maximum absolute atomic E-state index is 11.9. The van der Waals surface area contributed by atoms with E-state index in [4.69, 9.17) is 4.74 Å². The van der Waals surface area contributed by atoms with Crippen LogP contribution in [0.3, 0.4) is 0 Å². The van der Waals surface area contributed by atoms with Crippen LogP contribution >= 0.6 is 0 Å². The molecule has 2 aromatic carbocycles. The van der Waals surface area contributed by atoms with Crippen LogP contribution < -0.4 is 10.1 Å². The Morgan fingerprint density at radius 2 is 1.96 bits per heavy atom. The molecular weight excluding hydrogens is 288 g/mol. The molecule has 118 valence electrons. The molecule has 0 aliphatic heterocycles. The zero-order valence-corrected chi connectivity index (χ0v) is 13.3. The highest BCUT2D eigenvalue weighted by Crippen LogP contribution is 2.17. The van der Waals surface area contributed by atoms with Crippen LogP contribution in [0.15, 0.2) is 48.5 Å². The number of carbonyl (C=O) groups excluding carboxylic acids is 1. The lowest BCUT2D eigenvalue weighted by Gasteiger charge is -2.09. The van der Waals surface area contributed by atoms with Crippen LogP contribution in [0, 0.1) is 13.8 Å². The minimum Gasteiger partial charge on any atom is -0.484 e. The normalized spacial score (nSPS) is 10.7. The summed E-state index contributed by atoms with van der Waals surface area (Å²) in [5.41, 5.74) is 4.34. The van der Waals surface area contributed by atoms with E-state index in [1.54, 1.807) is 0 Å². The molecule has 0 saturated carbocycles. The number of H-pyrrole nitrogens is 1. The SMILES string of the molecule is Cc1cc2cc(CNC(=O)COc3ccccc3C)ccc2[nH]1. The van der Waals surface area contributed by atoms with E-state index in [-0.39, 0.29) is 12.5 Å². The highest BCUT2D eigenvalue weighted by molar-refractivity contribution is 5.81. The third-order valence-electron chi connectivity index (χ3n) is 3.76. The largest absolute Gasteiger partial charge is 0.484 e. The van der Waals surface area contributed by atoms with Gasteiger partial charge in [-0.15, -0.1) is 0 Å². The summed E-state index contributed by atoms with van der Waals surface area (Å²) in [5, 5.41) is 4.04. The number of aromatic nitrogens is 1. The molecule has 3 aromatic rings. The molecule has 23 heavy (non-hydrogen) atoms. The molecule has 0 unspecified atom stereocenters. The van der Waals surface area contributed by atoms with Gasteiger partial charge in [-0.05, 0) is 54.6 Å². The van der Waals surface area contributed by atoms with E-state index in [0.29, 0.717) is 6.54 Å². The number of fused-ring (bicyclic) bond motifs is 1. The van der Waals surface area contributed by atoms with Gasteiger partial charge in [0.25, 0.3) is 5.91 Å². The average Bonchev–Trinajstić information content (AvgIpc) is 2.91. The molecule has 3 rings (SSSR count). The standard InChI is InChI=1S/C19H20N2O2/c1-13-5-3-4-6-18(13)23-12-19(22)20-11-15-7-8-17-16(10-15)9-14(2)21-17/h3-10,21H,11-12H2,1-2H3,(H,20,22). The van der Waals surface area contributed by atoms with Gasteiger partial charge in [-0.1, -0.05) is 24.3 Å². The van der Waals surface area contributed by atoms with E-state index in [9.17, 15) is 4.79 Å². The number of aromatic amines is 1. The van der Waals surface area contributed by atoms with Crippen molar-refractivity contribution in [2.24, 2.45) is 0 Å². The first kappa shape index (κ1) is 15.2. The highest BCUT2D eigenvalue weighted by Gasteiger charge is 2.05. The Kier molecular flexibility index (Phi) is 4.33. The lowest BCUT2D eigenvalue weighted by atomic mass is 10.1. The van der Waals surface area contributed by atoms with Gasteiger partial charge in [-0.25, -0.2) is 0 Å². The smallest absolute Gasteiger partial charge is 0.258 e. The van der Waals surface area contributed by atoms with Crippen LogP contribution in [0.25, 0.3) is 10.9 Å². The first-order valence-corrected chi connectivity index (χ1v) is 7.65. The molecule has 0 spiro atoms. The Labute approximate surface area is 135 Å². The second-order valence-electron chi connectivity index (χ2n) is 5.70. The van der Waals surface area contributed by atoms with E-state index in [2.05, 4.69) is 22.4 Å². The number of carbonyl (C=O) groups is 1. The monoisotopic (exact) mass is 308 g/mol. The first-order valence-electron chi connectivity index (χ1n) is 7.65. The number of rotatable bonds is 5. The molecule has 0 atom stereocenters. The molecule has 2 N–H and O–H groups in total. The van der Waals surface area contributed by atoms with Crippen LogP contribution in [0.1, 0.15) is 16.8 Å². The highest BCUT2D eigenvalue weighted by atomic mass is 16.5. The maximum atomic E-state index is 11.9. The summed E-state index contributed by atoms with van der Waals surface area (Å²) < 4.78 is 5.54. The van der Waals surface area contributed by atoms with Crippen molar-refractivity contribution in [3.8, 4) is 5.75 Å². The summed E-state index contributed by atoms with van der Waals surface area (Å²) in [6.07, 6.45) is 0. The summed E-state index contributed by atoms with van der Waals surface area (Å²) in [6, 6.07) is 15.9. The van der Waals surface area contributed by atoms with Gasteiger partial charge in [-0.2, -0.15) is 0 Å². The number of amides is 1. The Hall–Kier alpha value is -2.75. The van der Waals surface area contributed by atoms with Gasteiger partial charge in [0.05, 0.1) is 0 Å². The quantitative estimate of drug-likeness (QED) is 0.758. The molecule has 1 heterocycles. The molecule has 4 heteroatoms. The molecule has 0 radical (unpaired) electrons. The van der Waals surface area contributed by atoms with E-state index in [0.717, 1.165) is 33.5 Å². The fraction of sp³-hybridized carbons (Fsp3) is 0.211. The van der Waals surface area contributed by atoms with Gasteiger partial charge in [0.1, 0.15) is 5.75 Å². The van der Waals surface area contributed by atoms with Crippen molar-refractivity contribution in [2.75, 3.05) is 6.61 Å². The van der Waals surface area contributed by atoms with Crippen molar-refractivity contribution in [3.63, 3.8) is 0 Å². The zero-order chi connectivity index (χ0) is 16.2. The van der Waals surface area contributed by atoms with E-state index in [1.807, 2.05) is 50.2 Å². The predicted octanol–water partition coefficient (Wildman–Crippen LogP) is 3.48. The molecule has 0 aliphatic carbocycles. The molecule has 1 amide bonds. The fourth-order valence-electron chi connectivity index (χ4n) is 2.55. The predicted molar refractivity (Wildman–Crippen MR) is 91.6 cm³/mol. The van der Waals surface area contributed by atoms with Crippen molar-refractivity contribution >= 4 is 16.8 Å². The average molecular weight is 308 g/mol.